The van der Waals surface area contributed by atoms with E-state index in [1.54, 1.807) is 36.4 Å². The maximum atomic E-state index is 13.2. The largest absolute Gasteiger partial charge is 0.488 e. The van der Waals surface area contributed by atoms with Gasteiger partial charge in [0.1, 0.15) is 18.9 Å². The van der Waals surface area contributed by atoms with Crippen molar-refractivity contribution in [3.8, 4) is 5.75 Å². The summed E-state index contributed by atoms with van der Waals surface area (Å²) in [5.74, 6) is -0.514. The third-order valence-corrected chi connectivity index (χ3v) is 8.28. The van der Waals surface area contributed by atoms with Crippen molar-refractivity contribution in [2.24, 2.45) is 0 Å². The predicted octanol–water partition coefficient (Wildman–Crippen LogP) is 8.16. The van der Waals surface area contributed by atoms with Gasteiger partial charge in [-0.15, -0.1) is 0 Å². The lowest BCUT2D eigenvalue weighted by Crippen LogP contribution is -2.36. The number of amides is 3. The molecule has 0 bridgehead atoms. The zero-order valence-corrected chi connectivity index (χ0v) is 24.0. The van der Waals surface area contributed by atoms with Gasteiger partial charge in [-0.2, -0.15) is 0 Å². The van der Waals surface area contributed by atoms with Gasteiger partial charge in [-0.05, 0) is 86.5 Å². The molecule has 0 unspecified atom stereocenters. The van der Waals surface area contributed by atoms with Crippen molar-refractivity contribution in [1.29, 1.82) is 0 Å². The molecule has 0 saturated carbocycles. The lowest BCUT2D eigenvalue weighted by molar-refractivity contribution is -0.127. The summed E-state index contributed by atoms with van der Waals surface area (Å²) >= 11 is 16.2. The van der Waals surface area contributed by atoms with E-state index in [0.717, 1.165) is 33.0 Å². The lowest BCUT2D eigenvalue weighted by Gasteiger charge is -2.14. The number of nitrogens with zero attached hydrogens (tertiary/aromatic N) is 1. The molecule has 3 amide bonds. The van der Waals surface area contributed by atoms with Crippen molar-refractivity contribution in [1.82, 2.24) is 4.90 Å². The average Bonchev–Trinajstić information content (AvgIpc) is 3.18. The minimum atomic E-state index is -0.550. The number of fused-ring (bicyclic) bond motifs is 1. The summed E-state index contributed by atoms with van der Waals surface area (Å²) in [6, 6.07) is 23.7. The van der Waals surface area contributed by atoms with E-state index in [4.69, 9.17) is 27.9 Å². The molecule has 10 heteroatoms. The van der Waals surface area contributed by atoms with E-state index in [1.807, 2.05) is 48.5 Å². The van der Waals surface area contributed by atoms with Gasteiger partial charge in [0.15, 0.2) is 0 Å². The van der Waals surface area contributed by atoms with Gasteiger partial charge in [0, 0.05) is 20.7 Å². The number of ether oxygens (including phenoxy) is 1. The van der Waals surface area contributed by atoms with Crippen molar-refractivity contribution < 1.29 is 19.1 Å². The molecule has 1 fully saturated rings. The van der Waals surface area contributed by atoms with Crippen molar-refractivity contribution in [3.05, 3.63) is 109 Å². The Morgan fingerprint density at radius 3 is 2.54 bits per heavy atom. The highest BCUT2D eigenvalue weighted by molar-refractivity contribution is 9.10. The molecule has 39 heavy (non-hydrogen) atoms. The molecule has 0 spiro atoms. The summed E-state index contributed by atoms with van der Waals surface area (Å²) in [5, 5.41) is 5.01. The Morgan fingerprint density at radius 2 is 1.77 bits per heavy atom. The third kappa shape index (κ3) is 6.31. The van der Waals surface area contributed by atoms with E-state index >= 15 is 0 Å². The summed E-state index contributed by atoms with van der Waals surface area (Å²) in [4.78, 5) is 39.7. The zero-order valence-electron chi connectivity index (χ0n) is 20.1. The molecule has 5 rings (SSSR count). The maximum Gasteiger partial charge on any atom is 0.294 e. The van der Waals surface area contributed by atoms with Crippen LogP contribution in [0.4, 0.5) is 10.5 Å². The van der Waals surface area contributed by atoms with E-state index in [2.05, 4.69) is 21.2 Å². The predicted molar refractivity (Wildman–Crippen MR) is 160 cm³/mol. The van der Waals surface area contributed by atoms with Gasteiger partial charge in [0.25, 0.3) is 11.1 Å². The topological polar surface area (TPSA) is 75.7 Å². The number of rotatable bonds is 7. The van der Waals surface area contributed by atoms with Gasteiger partial charge in [0.2, 0.25) is 5.91 Å². The standard InChI is InChI=1S/C29H19BrCl2N2O4S/c30-23-11-10-20(13-24(23)32)33-27(35)15-34-28(36)26(39-29(34)37)14-22-21-4-2-1-3-18(21)7-12-25(22)38-16-17-5-8-19(31)9-6-17/h1-14H,15-16H2,(H,33,35)/b26-14+. The zero-order chi connectivity index (χ0) is 27.5. The number of anilines is 1. The normalized spacial score (nSPS) is 14.3. The van der Waals surface area contributed by atoms with Crippen LogP contribution in [0.2, 0.25) is 10.0 Å². The molecule has 0 atom stereocenters. The first-order valence-electron chi connectivity index (χ1n) is 11.7. The Morgan fingerprint density at radius 1 is 1.00 bits per heavy atom. The fourth-order valence-corrected chi connectivity index (χ4v) is 5.35. The molecule has 4 aromatic carbocycles. The molecule has 6 nitrogen and oxygen atoms in total. The number of imide groups is 1. The number of benzene rings is 4. The Kier molecular flexibility index (Phi) is 8.28. The molecule has 1 saturated heterocycles. The second kappa shape index (κ2) is 11.8. The molecule has 0 radical (unpaired) electrons. The molecule has 196 valence electrons. The molecule has 0 aromatic heterocycles. The molecule has 1 aliphatic heterocycles. The van der Waals surface area contributed by atoms with Crippen molar-refractivity contribution in [2.45, 2.75) is 6.61 Å². The molecule has 0 aliphatic carbocycles. The van der Waals surface area contributed by atoms with E-state index in [0.29, 0.717) is 31.5 Å². The van der Waals surface area contributed by atoms with Crippen LogP contribution in [0.5, 0.6) is 5.75 Å². The van der Waals surface area contributed by atoms with Crippen LogP contribution in [0.1, 0.15) is 11.1 Å². The smallest absolute Gasteiger partial charge is 0.294 e. The summed E-state index contributed by atoms with van der Waals surface area (Å²) in [7, 11) is 0. The Labute approximate surface area is 247 Å². The van der Waals surface area contributed by atoms with Crippen molar-refractivity contribution in [3.63, 3.8) is 0 Å². The van der Waals surface area contributed by atoms with E-state index in [9.17, 15) is 14.4 Å². The second-order valence-electron chi connectivity index (χ2n) is 8.56. The maximum absolute atomic E-state index is 13.2. The van der Waals surface area contributed by atoms with Gasteiger partial charge in [-0.25, -0.2) is 0 Å². The second-order valence-corrected chi connectivity index (χ2v) is 11.2. The van der Waals surface area contributed by atoms with Gasteiger partial charge in [0.05, 0.1) is 9.93 Å². The lowest BCUT2D eigenvalue weighted by atomic mass is 10.0. The van der Waals surface area contributed by atoms with Gasteiger partial charge >= 0.3 is 0 Å². The number of thioether (sulfide) groups is 1. The monoisotopic (exact) mass is 640 g/mol. The molecule has 1 heterocycles. The Hall–Kier alpha value is -3.30. The van der Waals surface area contributed by atoms with Gasteiger partial charge in [-0.1, -0.05) is 65.7 Å². The van der Waals surface area contributed by atoms with E-state index < -0.39 is 23.6 Å². The first kappa shape index (κ1) is 27.3. The first-order chi connectivity index (χ1) is 18.8. The molecular formula is C29H19BrCl2N2O4S. The van der Waals surface area contributed by atoms with Crippen molar-refractivity contribution >= 4 is 90.5 Å². The summed E-state index contributed by atoms with van der Waals surface area (Å²) in [5.41, 5.74) is 2.05. The fraction of sp³-hybridized carbons (Fsp3) is 0.0690. The highest BCUT2D eigenvalue weighted by Gasteiger charge is 2.36. The van der Waals surface area contributed by atoms with Crippen LogP contribution in [0, 0.1) is 0 Å². The highest BCUT2D eigenvalue weighted by Crippen LogP contribution is 2.37. The molecule has 1 aliphatic rings. The minimum Gasteiger partial charge on any atom is -0.488 e. The van der Waals surface area contributed by atoms with Crippen LogP contribution < -0.4 is 10.1 Å². The van der Waals surface area contributed by atoms with Gasteiger partial charge < -0.3 is 10.1 Å². The van der Waals surface area contributed by atoms with Crippen LogP contribution in [-0.4, -0.2) is 28.5 Å². The quantitative estimate of drug-likeness (QED) is 0.206. The Balaban J connectivity index is 1.39. The average molecular weight is 642 g/mol. The number of nitrogens with one attached hydrogen (secondary N) is 1. The fourth-order valence-electron chi connectivity index (χ4n) is 3.98. The molecular weight excluding hydrogens is 623 g/mol. The minimum absolute atomic E-state index is 0.201. The third-order valence-electron chi connectivity index (χ3n) is 5.89. The summed E-state index contributed by atoms with van der Waals surface area (Å²) in [6.07, 6.45) is 1.65. The molecule has 1 N–H and O–H groups in total. The van der Waals surface area contributed by atoms with E-state index in [1.165, 1.54) is 0 Å². The number of carbonyl (C=O) groups is 3. The number of halogens is 3. The summed E-state index contributed by atoms with van der Waals surface area (Å²) in [6.45, 7) is -0.136. The van der Waals surface area contributed by atoms with Gasteiger partial charge in [-0.3, -0.25) is 19.3 Å². The van der Waals surface area contributed by atoms with Crippen molar-refractivity contribution in [2.75, 3.05) is 11.9 Å². The SMILES string of the molecule is O=C(CN1C(=O)S/C(=C/c2c(OCc3ccc(Cl)cc3)ccc3ccccc23)C1=O)Nc1ccc(Br)c(Cl)c1. The van der Waals surface area contributed by atoms with Crippen LogP contribution in [-0.2, 0) is 16.2 Å². The van der Waals surface area contributed by atoms with Crippen LogP contribution in [0.15, 0.2) is 88.2 Å². The Bertz CT molecular complexity index is 1640. The molecule has 4 aromatic rings. The van der Waals surface area contributed by atoms with E-state index in [-0.39, 0.29) is 11.5 Å². The van der Waals surface area contributed by atoms with Crippen LogP contribution in [0.3, 0.4) is 0 Å². The van der Waals surface area contributed by atoms with Crippen LogP contribution in [0.25, 0.3) is 16.8 Å². The first-order valence-corrected chi connectivity index (χ1v) is 14.0. The number of carbonyl (C=O) groups excluding carboxylic acids is 3. The van der Waals surface area contributed by atoms with Crippen LogP contribution >= 0.6 is 50.9 Å². The number of hydrogen-bond donors (Lipinski definition) is 1. The number of hydrogen-bond acceptors (Lipinski definition) is 5. The summed E-state index contributed by atoms with van der Waals surface area (Å²) < 4.78 is 6.82. The highest BCUT2D eigenvalue weighted by atomic mass is 79.9.